The third-order valence-electron chi connectivity index (χ3n) is 5.01. The summed E-state index contributed by atoms with van der Waals surface area (Å²) in [6, 6.07) is 12.2. The maximum atomic E-state index is 9.98. The van der Waals surface area contributed by atoms with Gasteiger partial charge in [-0.25, -0.2) is 0 Å². The zero-order valence-corrected chi connectivity index (χ0v) is 14.8. The zero-order chi connectivity index (χ0) is 17.4. The Bertz CT molecular complexity index is 998. The summed E-state index contributed by atoms with van der Waals surface area (Å²) in [7, 11) is 0. The van der Waals surface area contributed by atoms with Gasteiger partial charge in [0.15, 0.2) is 0 Å². The van der Waals surface area contributed by atoms with Gasteiger partial charge in [0.25, 0.3) is 0 Å². The maximum absolute atomic E-state index is 9.98. The van der Waals surface area contributed by atoms with E-state index in [1.54, 1.807) is 6.20 Å². The highest BCUT2D eigenvalue weighted by Crippen LogP contribution is 2.41. The summed E-state index contributed by atoms with van der Waals surface area (Å²) >= 11 is 6.25. The van der Waals surface area contributed by atoms with Crippen molar-refractivity contribution in [3.05, 3.63) is 58.5 Å². The van der Waals surface area contributed by atoms with E-state index in [9.17, 15) is 5.26 Å². The molecule has 0 bridgehead atoms. The van der Waals surface area contributed by atoms with Gasteiger partial charge in [-0.3, -0.25) is 9.97 Å². The molecule has 2 aromatic heterocycles. The summed E-state index contributed by atoms with van der Waals surface area (Å²) in [5, 5.41) is 11.6. The lowest BCUT2D eigenvalue weighted by molar-refractivity contribution is 0.699. The molecule has 0 saturated heterocycles. The first-order valence-electron chi connectivity index (χ1n) is 8.63. The number of hydrogen-bond acceptors (Lipinski definition) is 3. The van der Waals surface area contributed by atoms with E-state index in [-0.39, 0.29) is 0 Å². The molecule has 3 nitrogen and oxygen atoms in total. The van der Waals surface area contributed by atoms with Crippen LogP contribution in [0.25, 0.3) is 22.0 Å². The van der Waals surface area contributed by atoms with Gasteiger partial charge in [0, 0.05) is 33.8 Å². The number of benzene rings is 1. The van der Waals surface area contributed by atoms with Crippen molar-refractivity contribution in [3.63, 3.8) is 0 Å². The van der Waals surface area contributed by atoms with Gasteiger partial charge in [0.1, 0.15) is 6.07 Å². The molecule has 2 heterocycles. The summed E-state index contributed by atoms with van der Waals surface area (Å²) in [5.74, 6) is 0.372. The molecule has 3 aromatic rings. The van der Waals surface area contributed by atoms with Crippen molar-refractivity contribution in [2.24, 2.45) is 0 Å². The molecule has 0 N–H and O–H groups in total. The molecule has 1 aliphatic rings. The van der Waals surface area contributed by atoms with Crippen LogP contribution < -0.4 is 0 Å². The average Bonchev–Trinajstić information content (AvgIpc) is 3.14. The van der Waals surface area contributed by atoms with Gasteiger partial charge < -0.3 is 0 Å². The van der Waals surface area contributed by atoms with Gasteiger partial charge in [0.05, 0.1) is 16.8 Å². The van der Waals surface area contributed by atoms with Crippen molar-refractivity contribution < 1.29 is 0 Å². The van der Waals surface area contributed by atoms with Crippen molar-refractivity contribution >= 4 is 22.5 Å². The molecule has 25 heavy (non-hydrogen) atoms. The first kappa shape index (κ1) is 16.1. The number of aromatic nitrogens is 2. The van der Waals surface area contributed by atoms with Crippen LogP contribution in [0, 0.1) is 18.3 Å². The number of rotatable bonds is 2. The third kappa shape index (κ3) is 2.88. The number of pyridine rings is 2. The van der Waals surface area contributed by atoms with Crippen molar-refractivity contribution in [1.29, 1.82) is 5.26 Å². The summed E-state index contributed by atoms with van der Waals surface area (Å²) < 4.78 is 0. The van der Waals surface area contributed by atoms with Crippen LogP contribution in [0.3, 0.4) is 0 Å². The molecule has 0 spiro atoms. The Hall–Kier alpha value is -2.44. The fourth-order valence-corrected chi connectivity index (χ4v) is 4.04. The predicted molar refractivity (Wildman–Crippen MR) is 101 cm³/mol. The van der Waals surface area contributed by atoms with Gasteiger partial charge >= 0.3 is 0 Å². The minimum Gasteiger partial charge on any atom is -0.262 e. The first-order valence-corrected chi connectivity index (χ1v) is 9.01. The molecule has 0 amide bonds. The van der Waals surface area contributed by atoms with Gasteiger partial charge in [-0.05, 0) is 55.7 Å². The van der Waals surface area contributed by atoms with Crippen LogP contribution in [0.15, 0.2) is 36.5 Å². The SMILES string of the molecule is Cc1cc(-c2c(C#N)c(C3CCCC3)nc3ccc(Cl)cc23)ccn1. The molecule has 1 aliphatic carbocycles. The van der Waals surface area contributed by atoms with Crippen LogP contribution in [0.4, 0.5) is 0 Å². The van der Waals surface area contributed by atoms with Gasteiger partial charge in [0.2, 0.25) is 0 Å². The molecule has 4 heteroatoms. The second-order valence-corrected chi connectivity index (χ2v) is 7.12. The Kier molecular flexibility index (Phi) is 4.15. The Morgan fingerprint density at radius 2 is 1.96 bits per heavy atom. The normalized spacial score (nSPS) is 14.8. The van der Waals surface area contributed by atoms with Crippen LogP contribution in [-0.4, -0.2) is 9.97 Å². The highest BCUT2D eigenvalue weighted by atomic mass is 35.5. The molecule has 0 unspecified atom stereocenters. The minimum absolute atomic E-state index is 0.372. The average molecular weight is 348 g/mol. The highest BCUT2D eigenvalue weighted by molar-refractivity contribution is 6.31. The summed E-state index contributed by atoms with van der Waals surface area (Å²) in [6.07, 6.45) is 6.42. The maximum Gasteiger partial charge on any atom is 0.102 e. The van der Waals surface area contributed by atoms with Gasteiger partial charge in [-0.15, -0.1) is 0 Å². The van der Waals surface area contributed by atoms with Crippen molar-refractivity contribution in [2.75, 3.05) is 0 Å². The van der Waals surface area contributed by atoms with Gasteiger partial charge in [-0.1, -0.05) is 24.4 Å². The second-order valence-electron chi connectivity index (χ2n) is 6.69. The second kappa shape index (κ2) is 6.46. The molecule has 1 aromatic carbocycles. The van der Waals surface area contributed by atoms with Crippen LogP contribution in [0.2, 0.25) is 5.02 Å². The van der Waals surface area contributed by atoms with Crippen LogP contribution in [0.1, 0.15) is 48.6 Å². The molecule has 4 rings (SSSR count). The van der Waals surface area contributed by atoms with E-state index in [1.165, 1.54) is 12.8 Å². The quantitative estimate of drug-likeness (QED) is 0.589. The summed E-state index contributed by atoms with van der Waals surface area (Å²) in [5.41, 5.74) is 5.39. The number of halogens is 1. The predicted octanol–water partition coefficient (Wildman–Crippen LogP) is 5.79. The van der Waals surface area contributed by atoms with Crippen molar-refractivity contribution in [1.82, 2.24) is 9.97 Å². The standard InChI is InChI=1S/C21H18ClN3/c1-13-10-15(8-9-24-13)20-17-11-16(22)6-7-19(17)25-21(18(20)12-23)14-4-2-3-5-14/h6-11,14H,2-5H2,1H3. The topological polar surface area (TPSA) is 49.6 Å². The number of nitriles is 1. The van der Waals surface area contributed by atoms with Crippen LogP contribution >= 0.6 is 11.6 Å². The van der Waals surface area contributed by atoms with E-state index in [2.05, 4.69) is 11.1 Å². The molecular weight excluding hydrogens is 330 g/mol. The van der Waals surface area contributed by atoms with E-state index in [0.29, 0.717) is 16.5 Å². The van der Waals surface area contributed by atoms with E-state index >= 15 is 0 Å². The number of hydrogen-bond donors (Lipinski definition) is 0. The van der Waals surface area contributed by atoms with E-state index < -0.39 is 0 Å². The molecular formula is C21H18ClN3. The van der Waals surface area contributed by atoms with E-state index in [0.717, 1.165) is 46.3 Å². The summed E-state index contributed by atoms with van der Waals surface area (Å²) in [4.78, 5) is 9.17. The van der Waals surface area contributed by atoms with E-state index in [4.69, 9.17) is 16.6 Å². The Balaban J connectivity index is 2.09. The number of aryl methyl sites for hydroxylation is 1. The molecule has 1 saturated carbocycles. The molecule has 1 fully saturated rings. The van der Waals surface area contributed by atoms with Crippen molar-refractivity contribution in [3.8, 4) is 17.2 Å². The lowest BCUT2D eigenvalue weighted by atomic mass is 9.90. The highest BCUT2D eigenvalue weighted by Gasteiger charge is 2.25. The molecule has 0 atom stereocenters. The molecule has 124 valence electrons. The first-order chi connectivity index (χ1) is 12.2. The smallest absolute Gasteiger partial charge is 0.102 e. The lowest BCUT2D eigenvalue weighted by Gasteiger charge is -2.17. The Morgan fingerprint density at radius 3 is 2.68 bits per heavy atom. The zero-order valence-electron chi connectivity index (χ0n) is 14.1. The lowest BCUT2D eigenvalue weighted by Crippen LogP contribution is -2.04. The number of nitrogens with zero attached hydrogens (tertiary/aromatic N) is 3. The van der Waals surface area contributed by atoms with Gasteiger partial charge in [-0.2, -0.15) is 5.26 Å². The van der Waals surface area contributed by atoms with Crippen LogP contribution in [-0.2, 0) is 0 Å². The Labute approximate surface area is 152 Å². The van der Waals surface area contributed by atoms with E-state index in [1.807, 2.05) is 37.3 Å². The monoisotopic (exact) mass is 347 g/mol. The minimum atomic E-state index is 0.372. The van der Waals surface area contributed by atoms with Crippen molar-refractivity contribution in [2.45, 2.75) is 38.5 Å². The summed E-state index contributed by atoms with van der Waals surface area (Å²) in [6.45, 7) is 1.96. The molecule has 0 radical (unpaired) electrons. The molecule has 0 aliphatic heterocycles. The fraction of sp³-hybridized carbons (Fsp3) is 0.286. The third-order valence-corrected chi connectivity index (χ3v) is 5.25. The van der Waals surface area contributed by atoms with Crippen LogP contribution in [0.5, 0.6) is 0 Å². The Morgan fingerprint density at radius 1 is 1.16 bits per heavy atom. The fourth-order valence-electron chi connectivity index (χ4n) is 3.86. The largest absolute Gasteiger partial charge is 0.262 e. The number of fused-ring (bicyclic) bond motifs is 1.